The molecule has 0 unspecified atom stereocenters. The first-order valence-corrected chi connectivity index (χ1v) is 8.71. The smallest absolute Gasteiger partial charge is 0.263 e. The Morgan fingerprint density at radius 2 is 1.61 bits per heavy atom. The first-order chi connectivity index (χ1) is 11.1. The summed E-state index contributed by atoms with van der Waals surface area (Å²) in [6.45, 7) is 1.90. The zero-order valence-electron chi connectivity index (χ0n) is 12.6. The van der Waals surface area contributed by atoms with E-state index >= 15 is 0 Å². The van der Waals surface area contributed by atoms with Crippen molar-refractivity contribution in [1.82, 2.24) is 4.98 Å². The zero-order chi connectivity index (χ0) is 16.3. The second-order valence-corrected chi connectivity index (χ2v) is 6.61. The van der Waals surface area contributed by atoms with E-state index in [1.807, 2.05) is 37.3 Å². The van der Waals surface area contributed by atoms with Crippen LogP contribution in [0.2, 0.25) is 0 Å². The van der Waals surface area contributed by atoms with E-state index in [0.717, 1.165) is 5.56 Å². The Morgan fingerprint density at radius 3 is 2.22 bits per heavy atom. The van der Waals surface area contributed by atoms with Gasteiger partial charge in [-0.05, 0) is 12.1 Å². The first-order valence-electron chi connectivity index (χ1n) is 7.23. The molecule has 0 aliphatic heterocycles. The minimum atomic E-state index is -3.71. The summed E-state index contributed by atoms with van der Waals surface area (Å²) in [6, 6.07) is 17.5. The van der Waals surface area contributed by atoms with Gasteiger partial charge in [0, 0.05) is 12.0 Å². The Bertz CT molecular complexity index is 888. The standard InChI is InChI=1S/C17H16N2O3S/c1-2-15-18-17(16(22-15)13-9-5-3-6-10-13)19-23(20,21)14-11-7-4-8-12-14/h3-12,19H,2H2,1H3. The van der Waals surface area contributed by atoms with E-state index in [2.05, 4.69) is 9.71 Å². The minimum absolute atomic E-state index is 0.181. The van der Waals surface area contributed by atoms with Crippen molar-refractivity contribution >= 4 is 15.8 Å². The molecule has 1 aromatic heterocycles. The average molecular weight is 328 g/mol. The number of sulfonamides is 1. The molecule has 3 aromatic rings. The number of hydrogen-bond acceptors (Lipinski definition) is 4. The molecule has 0 atom stereocenters. The molecule has 0 amide bonds. The summed E-state index contributed by atoms with van der Waals surface area (Å²) in [5.41, 5.74) is 0.769. The fourth-order valence-electron chi connectivity index (χ4n) is 2.16. The Morgan fingerprint density at radius 1 is 1.00 bits per heavy atom. The highest BCUT2D eigenvalue weighted by Gasteiger charge is 2.21. The number of nitrogens with zero attached hydrogens (tertiary/aromatic N) is 1. The molecule has 0 aliphatic carbocycles. The van der Waals surface area contributed by atoms with Gasteiger partial charge in [-0.2, -0.15) is 4.98 Å². The molecule has 0 radical (unpaired) electrons. The third-order valence-electron chi connectivity index (χ3n) is 3.29. The fraction of sp³-hybridized carbons (Fsp3) is 0.118. The van der Waals surface area contributed by atoms with E-state index in [4.69, 9.17) is 4.42 Å². The van der Waals surface area contributed by atoms with Gasteiger partial charge in [-0.1, -0.05) is 55.5 Å². The fourth-order valence-corrected chi connectivity index (χ4v) is 3.18. The Labute approximate surface area is 135 Å². The largest absolute Gasteiger partial charge is 0.438 e. The summed E-state index contributed by atoms with van der Waals surface area (Å²) < 4.78 is 33.2. The molecule has 3 rings (SSSR count). The number of anilines is 1. The van der Waals surface area contributed by atoms with Crippen LogP contribution in [0.5, 0.6) is 0 Å². The van der Waals surface area contributed by atoms with Crippen molar-refractivity contribution in [3.05, 3.63) is 66.6 Å². The quantitative estimate of drug-likeness (QED) is 0.775. The van der Waals surface area contributed by atoms with Gasteiger partial charge in [-0.25, -0.2) is 8.42 Å². The van der Waals surface area contributed by atoms with Crippen molar-refractivity contribution in [2.45, 2.75) is 18.2 Å². The van der Waals surface area contributed by atoms with Gasteiger partial charge in [0.25, 0.3) is 10.0 Å². The second kappa shape index (κ2) is 6.26. The van der Waals surface area contributed by atoms with Gasteiger partial charge < -0.3 is 4.42 Å². The molecule has 0 bridgehead atoms. The predicted molar refractivity (Wildman–Crippen MR) is 88.6 cm³/mol. The lowest BCUT2D eigenvalue weighted by Gasteiger charge is -2.06. The van der Waals surface area contributed by atoms with Crippen LogP contribution in [0.25, 0.3) is 11.3 Å². The average Bonchev–Trinajstić information content (AvgIpc) is 2.99. The van der Waals surface area contributed by atoms with Gasteiger partial charge in [0.15, 0.2) is 17.5 Å². The maximum atomic E-state index is 12.5. The van der Waals surface area contributed by atoms with Crippen molar-refractivity contribution in [3.8, 4) is 11.3 Å². The van der Waals surface area contributed by atoms with Crippen LogP contribution in [0.15, 0.2) is 70.0 Å². The van der Waals surface area contributed by atoms with Crippen LogP contribution in [0.1, 0.15) is 12.8 Å². The van der Waals surface area contributed by atoms with Crippen LogP contribution in [-0.4, -0.2) is 13.4 Å². The Kier molecular flexibility index (Phi) is 4.16. The number of nitrogens with one attached hydrogen (secondary N) is 1. The molecule has 6 heteroatoms. The van der Waals surface area contributed by atoms with Gasteiger partial charge in [0.05, 0.1) is 4.90 Å². The number of hydrogen-bond donors (Lipinski definition) is 1. The van der Waals surface area contributed by atoms with Crippen molar-refractivity contribution in [2.75, 3.05) is 4.72 Å². The van der Waals surface area contributed by atoms with E-state index in [9.17, 15) is 8.42 Å². The van der Waals surface area contributed by atoms with Crippen molar-refractivity contribution in [3.63, 3.8) is 0 Å². The molecule has 0 spiro atoms. The van der Waals surface area contributed by atoms with E-state index < -0.39 is 10.0 Å². The van der Waals surface area contributed by atoms with Crippen molar-refractivity contribution in [2.24, 2.45) is 0 Å². The highest BCUT2D eigenvalue weighted by molar-refractivity contribution is 7.92. The third kappa shape index (κ3) is 3.27. The topological polar surface area (TPSA) is 72.2 Å². The van der Waals surface area contributed by atoms with Crippen LogP contribution in [0, 0.1) is 0 Å². The van der Waals surface area contributed by atoms with Gasteiger partial charge in [-0.3, -0.25) is 4.72 Å². The summed E-state index contributed by atoms with van der Waals surface area (Å²) in [5, 5.41) is 0. The molecular formula is C17H16N2O3S. The van der Waals surface area contributed by atoms with E-state index in [1.54, 1.807) is 18.2 Å². The van der Waals surface area contributed by atoms with Crippen molar-refractivity contribution in [1.29, 1.82) is 0 Å². The monoisotopic (exact) mass is 328 g/mol. The van der Waals surface area contributed by atoms with Crippen LogP contribution in [-0.2, 0) is 16.4 Å². The van der Waals surface area contributed by atoms with Crippen LogP contribution >= 0.6 is 0 Å². The minimum Gasteiger partial charge on any atom is -0.438 e. The van der Waals surface area contributed by atoms with E-state index in [0.29, 0.717) is 18.1 Å². The maximum Gasteiger partial charge on any atom is 0.263 e. The SMILES string of the molecule is CCc1nc(NS(=O)(=O)c2ccccc2)c(-c2ccccc2)o1. The normalized spacial score (nSPS) is 11.3. The molecule has 0 aliphatic rings. The highest BCUT2D eigenvalue weighted by atomic mass is 32.2. The lowest BCUT2D eigenvalue weighted by Crippen LogP contribution is -2.13. The molecule has 0 saturated heterocycles. The zero-order valence-corrected chi connectivity index (χ0v) is 13.4. The molecule has 1 N–H and O–H groups in total. The van der Waals surface area contributed by atoms with Crippen molar-refractivity contribution < 1.29 is 12.8 Å². The number of aryl methyl sites for hydroxylation is 1. The Hall–Kier alpha value is -2.60. The molecule has 1 heterocycles. The summed E-state index contributed by atoms with van der Waals surface area (Å²) in [4.78, 5) is 4.44. The van der Waals surface area contributed by atoms with Gasteiger partial charge in [-0.15, -0.1) is 0 Å². The summed E-state index contributed by atoms with van der Waals surface area (Å²) in [7, 11) is -3.71. The molecule has 5 nitrogen and oxygen atoms in total. The Balaban J connectivity index is 2.02. The summed E-state index contributed by atoms with van der Waals surface area (Å²) in [5.74, 6) is 1.11. The maximum absolute atomic E-state index is 12.5. The van der Waals surface area contributed by atoms with Crippen LogP contribution in [0.4, 0.5) is 5.82 Å². The summed E-state index contributed by atoms with van der Waals surface area (Å²) >= 11 is 0. The summed E-state index contributed by atoms with van der Waals surface area (Å²) in [6.07, 6.45) is 0.576. The van der Waals surface area contributed by atoms with E-state index in [-0.39, 0.29) is 10.7 Å². The second-order valence-electron chi connectivity index (χ2n) is 4.92. The van der Waals surface area contributed by atoms with Crippen LogP contribution in [0.3, 0.4) is 0 Å². The van der Waals surface area contributed by atoms with E-state index in [1.165, 1.54) is 12.1 Å². The first kappa shape index (κ1) is 15.3. The predicted octanol–water partition coefficient (Wildman–Crippen LogP) is 3.70. The number of benzene rings is 2. The third-order valence-corrected chi connectivity index (χ3v) is 4.65. The molecule has 0 saturated carbocycles. The van der Waals surface area contributed by atoms with Crippen LogP contribution < -0.4 is 4.72 Å². The molecule has 118 valence electrons. The lowest BCUT2D eigenvalue weighted by atomic mass is 10.2. The molecule has 2 aromatic carbocycles. The molecule has 23 heavy (non-hydrogen) atoms. The number of rotatable bonds is 5. The van der Waals surface area contributed by atoms with Gasteiger partial charge >= 0.3 is 0 Å². The number of aromatic nitrogens is 1. The number of oxazole rings is 1. The highest BCUT2D eigenvalue weighted by Crippen LogP contribution is 2.30. The van der Waals surface area contributed by atoms with Gasteiger partial charge in [0.1, 0.15) is 0 Å². The molecular weight excluding hydrogens is 312 g/mol. The molecule has 0 fully saturated rings. The lowest BCUT2D eigenvalue weighted by molar-refractivity contribution is 0.514. The van der Waals surface area contributed by atoms with Gasteiger partial charge in [0.2, 0.25) is 0 Å².